The fourth-order valence-electron chi connectivity index (χ4n) is 4.13. The fourth-order valence-corrected chi connectivity index (χ4v) is 4.13. The number of hydrogen-bond acceptors (Lipinski definition) is 8. The van der Waals surface area contributed by atoms with Crippen molar-refractivity contribution < 1.29 is 14.7 Å². The number of ether oxygens (including phenoxy) is 1. The van der Waals surface area contributed by atoms with Gasteiger partial charge in [-0.05, 0) is 58.6 Å². The number of aryl methyl sites for hydroxylation is 3. The SMILES string of the molecule is CC(CCN1CCCCc2nc(C)c(C)cc21)=NO[C@H](C)c1cn([C@@H]2COC[C@H]2O)nn1. The zero-order valence-electron chi connectivity index (χ0n) is 19.5. The Labute approximate surface area is 189 Å². The molecule has 0 radical (unpaired) electrons. The third-order valence-electron chi connectivity index (χ3n) is 6.37. The maximum Gasteiger partial charge on any atom is 0.169 e. The van der Waals surface area contributed by atoms with E-state index in [4.69, 9.17) is 14.6 Å². The second kappa shape index (κ2) is 9.95. The molecule has 0 spiro atoms. The van der Waals surface area contributed by atoms with Crippen LogP contribution < -0.4 is 4.90 Å². The molecule has 0 saturated carbocycles. The fraction of sp³-hybridized carbons (Fsp3) is 0.652. The summed E-state index contributed by atoms with van der Waals surface area (Å²) in [5.74, 6) is 0. The molecule has 4 rings (SSSR count). The van der Waals surface area contributed by atoms with Crippen LogP contribution in [0.1, 0.15) is 67.9 Å². The van der Waals surface area contributed by atoms with E-state index in [-0.39, 0.29) is 12.1 Å². The molecule has 2 aliphatic heterocycles. The number of anilines is 1. The summed E-state index contributed by atoms with van der Waals surface area (Å²) in [6, 6.07) is 2.08. The average molecular weight is 443 g/mol. The van der Waals surface area contributed by atoms with Crippen LogP contribution in [0.4, 0.5) is 5.69 Å². The van der Waals surface area contributed by atoms with E-state index in [1.807, 2.05) is 13.8 Å². The van der Waals surface area contributed by atoms with E-state index >= 15 is 0 Å². The number of oxime groups is 1. The number of hydrogen-bond donors (Lipinski definition) is 1. The molecule has 0 bridgehead atoms. The van der Waals surface area contributed by atoms with Gasteiger partial charge in [-0.15, -0.1) is 5.10 Å². The Balaban J connectivity index is 1.34. The summed E-state index contributed by atoms with van der Waals surface area (Å²) < 4.78 is 6.94. The number of rotatable bonds is 7. The van der Waals surface area contributed by atoms with Crippen LogP contribution >= 0.6 is 0 Å². The lowest BCUT2D eigenvalue weighted by atomic mass is 10.1. The van der Waals surface area contributed by atoms with Gasteiger partial charge in [-0.3, -0.25) is 4.98 Å². The van der Waals surface area contributed by atoms with Gasteiger partial charge in [0.2, 0.25) is 0 Å². The van der Waals surface area contributed by atoms with Crippen LogP contribution in [0.2, 0.25) is 0 Å². The van der Waals surface area contributed by atoms with Crippen LogP contribution in [-0.4, -0.2) is 63.2 Å². The molecule has 1 fully saturated rings. The predicted molar refractivity (Wildman–Crippen MR) is 122 cm³/mol. The first kappa shape index (κ1) is 22.7. The molecule has 32 heavy (non-hydrogen) atoms. The second-order valence-electron chi connectivity index (χ2n) is 8.92. The Bertz CT molecular complexity index is 959. The van der Waals surface area contributed by atoms with Crippen molar-refractivity contribution in [2.24, 2.45) is 5.16 Å². The average Bonchev–Trinajstić information content (AvgIpc) is 3.38. The quantitative estimate of drug-likeness (QED) is 0.520. The summed E-state index contributed by atoms with van der Waals surface area (Å²) in [6.45, 7) is 10.8. The first-order valence-corrected chi connectivity index (χ1v) is 11.5. The third kappa shape index (κ3) is 5.10. The molecule has 174 valence electrons. The Morgan fingerprint density at radius 1 is 1.34 bits per heavy atom. The van der Waals surface area contributed by atoms with Gasteiger partial charge in [0.05, 0.1) is 36.5 Å². The highest BCUT2D eigenvalue weighted by Crippen LogP contribution is 2.27. The lowest BCUT2D eigenvalue weighted by Crippen LogP contribution is -2.27. The smallest absolute Gasteiger partial charge is 0.169 e. The van der Waals surface area contributed by atoms with Crippen LogP contribution in [0.5, 0.6) is 0 Å². The minimum atomic E-state index is -0.562. The molecule has 9 heteroatoms. The third-order valence-corrected chi connectivity index (χ3v) is 6.37. The van der Waals surface area contributed by atoms with Crippen molar-refractivity contribution in [3.05, 3.63) is 34.9 Å². The molecular weight excluding hydrogens is 408 g/mol. The van der Waals surface area contributed by atoms with Gasteiger partial charge in [0.1, 0.15) is 17.8 Å². The van der Waals surface area contributed by atoms with E-state index in [0.29, 0.717) is 18.9 Å². The van der Waals surface area contributed by atoms with Gasteiger partial charge in [-0.2, -0.15) is 0 Å². The normalized spacial score (nSPS) is 22.5. The van der Waals surface area contributed by atoms with Crippen molar-refractivity contribution in [1.29, 1.82) is 0 Å². The number of fused-ring (bicyclic) bond motifs is 1. The van der Waals surface area contributed by atoms with E-state index in [0.717, 1.165) is 37.3 Å². The molecule has 0 aromatic carbocycles. The summed E-state index contributed by atoms with van der Waals surface area (Å²) in [6.07, 6.45) is 5.12. The summed E-state index contributed by atoms with van der Waals surface area (Å²) in [7, 11) is 0. The largest absolute Gasteiger partial charge is 0.388 e. The number of aliphatic hydroxyl groups excluding tert-OH is 1. The highest BCUT2D eigenvalue weighted by atomic mass is 16.6. The van der Waals surface area contributed by atoms with Gasteiger partial charge in [0.25, 0.3) is 0 Å². The molecule has 0 aliphatic carbocycles. The number of aliphatic hydroxyl groups is 1. The van der Waals surface area contributed by atoms with Crippen LogP contribution in [-0.2, 0) is 16.0 Å². The molecular formula is C23H34N6O3. The van der Waals surface area contributed by atoms with Crippen molar-refractivity contribution in [2.75, 3.05) is 31.2 Å². The lowest BCUT2D eigenvalue weighted by molar-refractivity contribution is 0.0685. The lowest BCUT2D eigenvalue weighted by Gasteiger charge is -2.25. The van der Waals surface area contributed by atoms with Crippen molar-refractivity contribution in [1.82, 2.24) is 20.0 Å². The summed E-state index contributed by atoms with van der Waals surface area (Å²) >= 11 is 0. The molecule has 2 aromatic rings. The van der Waals surface area contributed by atoms with E-state index < -0.39 is 6.10 Å². The van der Waals surface area contributed by atoms with Gasteiger partial charge in [0.15, 0.2) is 6.10 Å². The topological polar surface area (TPSA) is 97.9 Å². The highest BCUT2D eigenvalue weighted by molar-refractivity contribution is 5.81. The second-order valence-corrected chi connectivity index (χ2v) is 8.92. The van der Waals surface area contributed by atoms with Crippen LogP contribution in [0.25, 0.3) is 0 Å². The van der Waals surface area contributed by atoms with Crippen molar-refractivity contribution in [3.63, 3.8) is 0 Å². The van der Waals surface area contributed by atoms with E-state index in [1.54, 1.807) is 10.9 Å². The molecule has 3 atom stereocenters. The van der Waals surface area contributed by atoms with Gasteiger partial charge in [-0.1, -0.05) is 10.4 Å². The standard InChI is InChI=1S/C23H34N6O3/c1-15-11-21-19(24-17(15)3)7-5-6-9-28(21)10-8-16(2)26-32-18(4)20-12-29(27-25-20)22-13-31-14-23(22)30/h11-12,18,22-23,30H,5-10,13-14H2,1-4H3/t18-,22-,23-/m1/s1. The zero-order chi connectivity index (χ0) is 22.7. The monoisotopic (exact) mass is 442 g/mol. The molecule has 2 aliphatic rings. The Hall–Kier alpha value is -2.52. The Morgan fingerprint density at radius 2 is 2.19 bits per heavy atom. The Kier molecular flexibility index (Phi) is 7.05. The molecule has 2 aromatic heterocycles. The van der Waals surface area contributed by atoms with Gasteiger partial charge >= 0.3 is 0 Å². The van der Waals surface area contributed by atoms with E-state index in [1.165, 1.54) is 29.8 Å². The predicted octanol–water partition coefficient (Wildman–Crippen LogP) is 2.91. The number of nitrogens with zero attached hydrogens (tertiary/aromatic N) is 6. The maximum atomic E-state index is 9.97. The molecule has 1 saturated heterocycles. The van der Waals surface area contributed by atoms with Gasteiger partial charge < -0.3 is 19.6 Å². The molecule has 4 heterocycles. The Morgan fingerprint density at radius 3 is 2.97 bits per heavy atom. The zero-order valence-corrected chi connectivity index (χ0v) is 19.5. The van der Waals surface area contributed by atoms with Crippen molar-refractivity contribution in [3.8, 4) is 0 Å². The minimum Gasteiger partial charge on any atom is -0.388 e. The van der Waals surface area contributed by atoms with Crippen LogP contribution in [0, 0.1) is 13.8 Å². The van der Waals surface area contributed by atoms with E-state index in [2.05, 4.69) is 40.3 Å². The summed E-state index contributed by atoms with van der Waals surface area (Å²) in [4.78, 5) is 13.0. The van der Waals surface area contributed by atoms with Gasteiger partial charge in [0, 0.05) is 25.2 Å². The molecule has 9 nitrogen and oxygen atoms in total. The van der Waals surface area contributed by atoms with E-state index in [9.17, 15) is 5.11 Å². The molecule has 0 amide bonds. The number of pyridine rings is 1. The number of aromatic nitrogens is 4. The summed E-state index contributed by atoms with van der Waals surface area (Å²) in [5.41, 5.74) is 6.46. The maximum absolute atomic E-state index is 9.97. The van der Waals surface area contributed by atoms with Crippen molar-refractivity contribution in [2.45, 2.75) is 71.6 Å². The van der Waals surface area contributed by atoms with Crippen LogP contribution in [0.3, 0.4) is 0 Å². The van der Waals surface area contributed by atoms with Crippen molar-refractivity contribution >= 4 is 11.4 Å². The van der Waals surface area contributed by atoms with Gasteiger partial charge in [-0.25, -0.2) is 4.68 Å². The first-order valence-electron chi connectivity index (χ1n) is 11.5. The molecule has 1 N–H and O–H groups in total. The first-order chi connectivity index (χ1) is 15.4. The minimum absolute atomic E-state index is 0.202. The summed E-state index contributed by atoms with van der Waals surface area (Å²) in [5, 5.41) is 22.6. The molecule has 0 unspecified atom stereocenters. The highest BCUT2D eigenvalue weighted by Gasteiger charge is 2.29. The van der Waals surface area contributed by atoms with Crippen LogP contribution in [0.15, 0.2) is 17.4 Å².